The van der Waals surface area contributed by atoms with Crippen LogP contribution in [0.2, 0.25) is 5.02 Å². The van der Waals surface area contributed by atoms with Crippen LogP contribution in [-0.2, 0) is 6.54 Å². The lowest BCUT2D eigenvalue weighted by Gasteiger charge is -2.23. The largest absolute Gasteiger partial charge is 0.352 e. The van der Waals surface area contributed by atoms with E-state index in [2.05, 4.69) is 29.1 Å². The van der Waals surface area contributed by atoms with Crippen LogP contribution >= 0.6 is 35.6 Å². The first-order valence-corrected chi connectivity index (χ1v) is 7.08. The summed E-state index contributed by atoms with van der Waals surface area (Å²) in [5.74, 6) is 0.987. The van der Waals surface area contributed by atoms with Crippen molar-refractivity contribution in [3.8, 4) is 0 Å². The molecule has 0 spiro atoms. The summed E-state index contributed by atoms with van der Waals surface area (Å²) in [4.78, 5) is 6.70. The van der Waals surface area contributed by atoms with Crippen LogP contribution in [0.25, 0.3) is 0 Å². The number of halogens is 2. The Morgan fingerprint density at radius 1 is 1.35 bits per heavy atom. The molecule has 0 radical (unpaired) electrons. The van der Waals surface area contributed by atoms with Gasteiger partial charge in [0.2, 0.25) is 0 Å². The van der Waals surface area contributed by atoms with Crippen molar-refractivity contribution in [2.75, 3.05) is 20.1 Å². The number of aliphatic imine (C=N–C) groups is 1. The summed E-state index contributed by atoms with van der Waals surface area (Å²) in [5.41, 5.74) is 1.60. The molecule has 1 aromatic carbocycles. The first-order chi connectivity index (χ1) is 9.00. The van der Waals surface area contributed by atoms with Crippen molar-refractivity contribution in [2.24, 2.45) is 10.4 Å². The molecular weight excluding hydrogens is 385 g/mol. The Bertz CT molecular complexity index is 457. The molecule has 112 valence electrons. The number of nitrogens with zero attached hydrogens (tertiary/aromatic N) is 2. The van der Waals surface area contributed by atoms with Gasteiger partial charge in [-0.3, -0.25) is 4.99 Å². The molecule has 0 atom stereocenters. The van der Waals surface area contributed by atoms with Crippen molar-refractivity contribution >= 4 is 41.5 Å². The van der Waals surface area contributed by atoms with Crippen LogP contribution in [0.4, 0.5) is 0 Å². The lowest BCUT2D eigenvalue weighted by Crippen LogP contribution is -2.40. The summed E-state index contributed by atoms with van der Waals surface area (Å²) in [5, 5.41) is 4.19. The fourth-order valence-corrected chi connectivity index (χ4v) is 2.53. The van der Waals surface area contributed by atoms with E-state index in [9.17, 15) is 0 Å². The standard InChI is InChI=1S/C15H22ClN3.HI/c1-15(2)8-9-19(11-15)14(17-3)18-10-12-4-6-13(16)7-5-12;/h4-7H,8-11H2,1-3H3,(H,17,18);1H. The van der Waals surface area contributed by atoms with Crippen LogP contribution in [-0.4, -0.2) is 31.0 Å². The van der Waals surface area contributed by atoms with Crippen LogP contribution in [0.1, 0.15) is 25.8 Å². The van der Waals surface area contributed by atoms with E-state index in [1.165, 1.54) is 12.0 Å². The molecule has 0 unspecified atom stereocenters. The number of hydrogen-bond donors (Lipinski definition) is 1. The number of benzene rings is 1. The van der Waals surface area contributed by atoms with Crippen LogP contribution in [0.5, 0.6) is 0 Å². The second-order valence-electron chi connectivity index (χ2n) is 5.86. The molecule has 0 aliphatic carbocycles. The number of hydrogen-bond acceptors (Lipinski definition) is 1. The molecule has 1 aromatic rings. The van der Waals surface area contributed by atoms with Gasteiger partial charge in [-0.1, -0.05) is 37.6 Å². The third-order valence-electron chi connectivity index (χ3n) is 3.55. The maximum Gasteiger partial charge on any atom is 0.193 e. The Morgan fingerprint density at radius 3 is 2.50 bits per heavy atom. The summed E-state index contributed by atoms with van der Waals surface area (Å²) in [6, 6.07) is 7.91. The van der Waals surface area contributed by atoms with Gasteiger partial charge in [-0.25, -0.2) is 0 Å². The third-order valence-corrected chi connectivity index (χ3v) is 3.80. The predicted octanol–water partition coefficient (Wildman–Crippen LogP) is 3.77. The molecule has 1 N–H and O–H groups in total. The molecule has 2 rings (SSSR count). The highest BCUT2D eigenvalue weighted by atomic mass is 127. The van der Waals surface area contributed by atoms with Gasteiger partial charge in [0.25, 0.3) is 0 Å². The van der Waals surface area contributed by atoms with E-state index in [0.29, 0.717) is 5.41 Å². The molecule has 0 amide bonds. The smallest absolute Gasteiger partial charge is 0.193 e. The first kappa shape index (κ1) is 17.6. The monoisotopic (exact) mass is 407 g/mol. The minimum atomic E-state index is 0. The Balaban J connectivity index is 0.00000200. The highest BCUT2D eigenvalue weighted by Gasteiger charge is 2.30. The molecule has 1 fully saturated rings. The highest BCUT2D eigenvalue weighted by Crippen LogP contribution is 2.28. The SMILES string of the molecule is CN=C(NCc1ccc(Cl)cc1)N1CCC(C)(C)C1.I. The Kier molecular flexibility index (Phi) is 6.58. The van der Waals surface area contributed by atoms with E-state index in [4.69, 9.17) is 11.6 Å². The van der Waals surface area contributed by atoms with Gasteiger partial charge in [0.1, 0.15) is 0 Å². The van der Waals surface area contributed by atoms with Crippen molar-refractivity contribution in [1.29, 1.82) is 0 Å². The van der Waals surface area contributed by atoms with Crippen molar-refractivity contribution in [2.45, 2.75) is 26.8 Å². The average molecular weight is 408 g/mol. The van der Waals surface area contributed by atoms with Crippen molar-refractivity contribution in [3.05, 3.63) is 34.9 Å². The van der Waals surface area contributed by atoms with Gasteiger partial charge in [-0.05, 0) is 29.5 Å². The van der Waals surface area contributed by atoms with Crippen molar-refractivity contribution in [3.63, 3.8) is 0 Å². The van der Waals surface area contributed by atoms with E-state index < -0.39 is 0 Å². The Labute approximate surface area is 143 Å². The average Bonchev–Trinajstić information content (AvgIpc) is 2.73. The maximum atomic E-state index is 5.88. The first-order valence-electron chi connectivity index (χ1n) is 6.70. The number of likely N-dealkylation sites (tertiary alicyclic amines) is 1. The van der Waals surface area contributed by atoms with Crippen molar-refractivity contribution < 1.29 is 0 Å². The zero-order valence-corrected chi connectivity index (χ0v) is 15.4. The maximum absolute atomic E-state index is 5.88. The van der Waals surface area contributed by atoms with Gasteiger partial charge >= 0.3 is 0 Å². The van der Waals surface area contributed by atoms with Gasteiger partial charge in [0.15, 0.2) is 5.96 Å². The minimum absolute atomic E-state index is 0. The van der Waals surface area contributed by atoms with E-state index in [1.54, 1.807) is 0 Å². The third kappa shape index (κ3) is 4.81. The summed E-state index contributed by atoms with van der Waals surface area (Å²) >= 11 is 5.88. The molecule has 1 heterocycles. The van der Waals surface area contributed by atoms with Crippen LogP contribution in [0.15, 0.2) is 29.3 Å². The second-order valence-corrected chi connectivity index (χ2v) is 6.30. The summed E-state index contributed by atoms with van der Waals surface area (Å²) in [7, 11) is 1.84. The van der Waals surface area contributed by atoms with Gasteiger partial charge < -0.3 is 10.2 Å². The molecule has 0 saturated carbocycles. The molecule has 20 heavy (non-hydrogen) atoms. The Hall–Kier alpha value is -0.490. The van der Waals surface area contributed by atoms with Crippen LogP contribution < -0.4 is 5.32 Å². The topological polar surface area (TPSA) is 27.6 Å². The van der Waals surface area contributed by atoms with Crippen molar-refractivity contribution in [1.82, 2.24) is 10.2 Å². The summed E-state index contributed by atoms with van der Waals surface area (Å²) in [6.45, 7) is 7.53. The lowest BCUT2D eigenvalue weighted by atomic mass is 9.93. The highest BCUT2D eigenvalue weighted by molar-refractivity contribution is 14.0. The quantitative estimate of drug-likeness (QED) is 0.459. The summed E-state index contributed by atoms with van der Waals surface area (Å²) in [6.07, 6.45) is 1.22. The lowest BCUT2D eigenvalue weighted by molar-refractivity contribution is 0.370. The molecule has 5 heteroatoms. The number of nitrogens with one attached hydrogen (secondary N) is 1. The molecule has 0 bridgehead atoms. The van der Waals surface area contributed by atoms with E-state index in [0.717, 1.165) is 30.6 Å². The molecule has 1 aliphatic heterocycles. The molecule has 0 aromatic heterocycles. The molecule has 1 aliphatic rings. The molecular formula is C15H23ClIN3. The summed E-state index contributed by atoms with van der Waals surface area (Å²) < 4.78 is 0. The molecule has 3 nitrogen and oxygen atoms in total. The normalized spacial score (nSPS) is 17.8. The minimum Gasteiger partial charge on any atom is -0.352 e. The zero-order valence-electron chi connectivity index (χ0n) is 12.3. The second kappa shape index (κ2) is 7.50. The van der Waals surface area contributed by atoms with Gasteiger partial charge in [0.05, 0.1) is 0 Å². The number of rotatable bonds is 2. The Morgan fingerprint density at radius 2 is 2.00 bits per heavy atom. The molecule has 1 saturated heterocycles. The number of guanidine groups is 1. The fourth-order valence-electron chi connectivity index (χ4n) is 2.41. The fraction of sp³-hybridized carbons (Fsp3) is 0.533. The van der Waals surface area contributed by atoms with Gasteiger partial charge in [-0.2, -0.15) is 0 Å². The van der Waals surface area contributed by atoms with E-state index in [1.807, 2.05) is 31.3 Å². The van der Waals surface area contributed by atoms with Gasteiger partial charge in [-0.15, -0.1) is 24.0 Å². The van der Waals surface area contributed by atoms with E-state index in [-0.39, 0.29) is 24.0 Å². The predicted molar refractivity (Wildman–Crippen MR) is 97.0 cm³/mol. The van der Waals surface area contributed by atoms with E-state index >= 15 is 0 Å². The van der Waals surface area contributed by atoms with Crippen LogP contribution in [0, 0.1) is 5.41 Å². The van der Waals surface area contributed by atoms with Crippen LogP contribution in [0.3, 0.4) is 0 Å². The van der Waals surface area contributed by atoms with Gasteiger partial charge in [0, 0.05) is 31.7 Å². The zero-order chi connectivity index (χ0) is 13.9.